The van der Waals surface area contributed by atoms with Crippen LogP contribution in [0.4, 0.5) is 0 Å². The van der Waals surface area contributed by atoms with Gasteiger partial charge in [-0.3, -0.25) is 19.8 Å². The van der Waals surface area contributed by atoms with Crippen LogP contribution in [0.3, 0.4) is 0 Å². The number of nitrogens with two attached hydrogens (primary N) is 2. The van der Waals surface area contributed by atoms with Gasteiger partial charge in [0.15, 0.2) is 0 Å². The predicted molar refractivity (Wildman–Crippen MR) is 181 cm³/mol. The molecule has 0 spiro atoms. The first-order valence-corrected chi connectivity index (χ1v) is 14.8. The first-order chi connectivity index (χ1) is 20.3. The lowest BCUT2D eigenvalue weighted by Gasteiger charge is -2.30. The Morgan fingerprint density at radius 2 is 1.02 bits per heavy atom. The Labute approximate surface area is 253 Å². The van der Waals surface area contributed by atoms with Crippen LogP contribution in [0.2, 0.25) is 0 Å². The maximum atomic E-state index is 5.27. The van der Waals surface area contributed by atoms with Crippen LogP contribution in [0.1, 0.15) is 30.3 Å². The minimum atomic E-state index is 0. The summed E-state index contributed by atoms with van der Waals surface area (Å²) in [5.41, 5.74) is 14.2. The summed E-state index contributed by atoms with van der Waals surface area (Å²) in [6, 6.07) is 31.4. The summed E-state index contributed by atoms with van der Waals surface area (Å²) in [5.74, 6) is 0. The van der Waals surface area contributed by atoms with Gasteiger partial charge >= 0.3 is 0 Å². The van der Waals surface area contributed by atoms with E-state index in [0.29, 0.717) is 19.3 Å². The van der Waals surface area contributed by atoms with Crippen molar-refractivity contribution in [1.82, 2.24) is 20.4 Å². The van der Waals surface area contributed by atoms with Crippen LogP contribution >= 0.6 is 0 Å². The summed E-state index contributed by atoms with van der Waals surface area (Å²) in [6.45, 7) is 10.8. The number of hydrogen-bond donors (Lipinski definition) is 4. The molecular weight excluding hydrogens is 520 g/mol. The summed E-state index contributed by atoms with van der Waals surface area (Å²) in [6.07, 6.45) is 4.24. The zero-order valence-electron chi connectivity index (χ0n) is 24.3. The second-order valence-corrected chi connectivity index (χ2v) is 9.83. The highest BCUT2D eigenvalue weighted by atomic mass is 15.4. The van der Waals surface area contributed by atoms with E-state index in [-0.39, 0.29) is 7.43 Å². The first-order valence-electron chi connectivity index (χ1n) is 14.8. The summed E-state index contributed by atoms with van der Waals surface area (Å²) >= 11 is 0. The number of aliphatic imine (C=N–C) groups is 2. The molecule has 0 bridgehead atoms. The van der Waals surface area contributed by atoms with E-state index in [4.69, 9.17) is 11.5 Å². The second kappa shape index (κ2) is 22.4. The van der Waals surface area contributed by atoms with Gasteiger partial charge in [0.25, 0.3) is 0 Å². The molecule has 0 aliphatic carbocycles. The van der Waals surface area contributed by atoms with E-state index in [2.05, 4.69) is 85.0 Å². The normalized spacial score (nSPS) is 15.5. The molecule has 3 aromatic rings. The molecular formula is C34H52N8. The van der Waals surface area contributed by atoms with Gasteiger partial charge in [0.05, 0.1) is 19.3 Å². The molecule has 1 aliphatic heterocycles. The fourth-order valence-electron chi connectivity index (χ4n) is 4.67. The number of rotatable bonds is 16. The average molecular weight is 573 g/mol. The van der Waals surface area contributed by atoms with Gasteiger partial charge in [0.2, 0.25) is 0 Å². The maximum Gasteiger partial charge on any atom is 0.0888 e. The maximum absolute atomic E-state index is 5.27. The van der Waals surface area contributed by atoms with Crippen LogP contribution in [0, 0.1) is 0 Å². The topological polar surface area (TPSA) is 107 Å². The van der Waals surface area contributed by atoms with Gasteiger partial charge in [-0.05, 0) is 16.7 Å². The molecule has 8 heteroatoms. The van der Waals surface area contributed by atoms with Crippen molar-refractivity contribution in [2.45, 2.75) is 13.6 Å². The molecule has 0 atom stereocenters. The van der Waals surface area contributed by atoms with E-state index in [0.717, 1.165) is 76.6 Å². The zero-order chi connectivity index (χ0) is 28.8. The summed E-state index contributed by atoms with van der Waals surface area (Å²) in [5, 5.41) is 6.33. The molecule has 4 rings (SSSR count). The number of hydrogen-bond acceptors (Lipinski definition) is 8. The number of benzene rings is 3. The van der Waals surface area contributed by atoms with Crippen LogP contribution in [-0.4, -0.2) is 101 Å². The average Bonchev–Trinajstić information content (AvgIpc) is 3.43. The third-order valence-electron chi connectivity index (χ3n) is 6.70. The van der Waals surface area contributed by atoms with Crippen molar-refractivity contribution >= 4 is 12.4 Å². The highest BCUT2D eigenvalue weighted by molar-refractivity contribution is 5.79. The lowest BCUT2D eigenvalue weighted by atomic mass is 10.1. The zero-order valence-corrected chi connectivity index (χ0v) is 24.3. The van der Waals surface area contributed by atoms with E-state index in [1.54, 1.807) is 0 Å². The molecule has 228 valence electrons. The van der Waals surface area contributed by atoms with Crippen molar-refractivity contribution in [2.75, 3.05) is 78.5 Å². The van der Waals surface area contributed by atoms with Gasteiger partial charge in [0, 0.05) is 77.9 Å². The Hall–Kier alpha value is -3.24. The molecule has 42 heavy (non-hydrogen) atoms. The smallest absolute Gasteiger partial charge is 0.0888 e. The van der Waals surface area contributed by atoms with Crippen LogP contribution in [-0.2, 0) is 0 Å². The fraction of sp³-hybridized carbons (Fsp3) is 0.412. The molecule has 1 fully saturated rings. The Morgan fingerprint density at radius 3 is 1.43 bits per heavy atom. The van der Waals surface area contributed by atoms with Crippen molar-refractivity contribution in [3.05, 3.63) is 108 Å². The molecule has 1 heterocycles. The second-order valence-electron chi connectivity index (χ2n) is 9.83. The quantitative estimate of drug-likeness (QED) is 0.155. The predicted octanol–water partition coefficient (Wildman–Crippen LogP) is 3.26. The summed E-state index contributed by atoms with van der Waals surface area (Å²) in [4.78, 5) is 14.4. The molecule has 0 saturated carbocycles. The summed E-state index contributed by atoms with van der Waals surface area (Å²) < 4.78 is 0. The van der Waals surface area contributed by atoms with Crippen LogP contribution in [0.5, 0.6) is 0 Å². The largest absolute Gasteiger partial charge is 0.329 e. The van der Waals surface area contributed by atoms with Gasteiger partial charge in [-0.2, -0.15) is 0 Å². The summed E-state index contributed by atoms with van der Waals surface area (Å²) in [7, 11) is 0. The molecule has 0 radical (unpaired) electrons. The molecule has 8 nitrogen and oxygen atoms in total. The molecule has 6 N–H and O–H groups in total. The lowest BCUT2D eigenvalue weighted by Crippen LogP contribution is -2.33. The van der Waals surface area contributed by atoms with Crippen molar-refractivity contribution in [3.63, 3.8) is 0 Å². The van der Waals surface area contributed by atoms with Crippen molar-refractivity contribution in [1.29, 1.82) is 0 Å². The van der Waals surface area contributed by atoms with Crippen molar-refractivity contribution < 1.29 is 0 Å². The first kappa shape index (κ1) is 35.0. The van der Waals surface area contributed by atoms with E-state index in [1.807, 2.05) is 48.8 Å². The lowest BCUT2D eigenvalue weighted by molar-refractivity contribution is 0.143. The Morgan fingerprint density at radius 1 is 0.619 bits per heavy atom. The highest BCUT2D eigenvalue weighted by Crippen LogP contribution is 2.29. The SMILES string of the molecule is C.C(=NCCN1CCN(CCN=Cc2ccccc2)C1c1ccccc1)c1ccccc1.NCCNCCNCCN. The molecule has 0 unspecified atom stereocenters. The minimum Gasteiger partial charge on any atom is -0.329 e. The fourth-order valence-corrected chi connectivity index (χ4v) is 4.67. The number of nitrogens with one attached hydrogen (secondary N) is 2. The van der Waals surface area contributed by atoms with Gasteiger partial charge in [-0.25, -0.2) is 0 Å². The Kier molecular flexibility index (Phi) is 18.6. The Bertz CT molecular complexity index is 1020. The minimum absolute atomic E-state index is 0. The standard InChI is InChI=1S/C27H30N4.C6H18N4.CH4/c1-4-10-24(11-5-1)22-28-16-18-30-20-21-31(27(30)26-14-8-3-9-15-26)19-17-29-23-25-12-6-2-7-13-25;7-1-3-9-5-6-10-4-2-8;/h1-15,22-23,27H,16-21H2;9-10H,1-8H2;1H4. The Balaban J connectivity index is 0.000000483. The van der Waals surface area contributed by atoms with E-state index in [9.17, 15) is 0 Å². The molecule has 3 aromatic carbocycles. The van der Waals surface area contributed by atoms with Crippen LogP contribution in [0.15, 0.2) is 101 Å². The highest BCUT2D eigenvalue weighted by Gasteiger charge is 2.32. The van der Waals surface area contributed by atoms with Gasteiger partial charge < -0.3 is 22.1 Å². The van der Waals surface area contributed by atoms with E-state index >= 15 is 0 Å². The molecule has 1 saturated heterocycles. The van der Waals surface area contributed by atoms with Crippen LogP contribution in [0.25, 0.3) is 0 Å². The van der Waals surface area contributed by atoms with Gasteiger partial charge in [-0.15, -0.1) is 0 Å². The third-order valence-corrected chi connectivity index (χ3v) is 6.70. The molecule has 1 aliphatic rings. The van der Waals surface area contributed by atoms with E-state index < -0.39 is 0 Å². The van der Waals surface area contributed by atoms with Gasteiger partial charge in [0.1, 0.15) is 0 Å². The van der Waals surface area contributed by atoms with Crippen molar-refractivity contribution in [3.8, 4) is 0 Å². The monoisotopic (exact) mass is 572 g/mol. The van der Waals surface area contributed by atoms with E-state index in [1.165, 1.54) is 5.56 Å². The molecule has 0 aromatic heterocycles. The third kappa shape index (κ3) is 13.6. The van der Waals surface area contributed by atoms with Gasteiger partial charge in [-0.1, -0.05) is 98.4 Å². The molecule has 0 amide bonds. The van der Waals surface area contributed by atoms with Crippen molar-refractivity contribution in [2.24, 2.45) is 21.5 Å². The number of nitrogens with zero attached hydrogens (tertiary/aromatic N) is 4. The van der Waals surface area contributed by atoms with Crippen LogP contribution < -0.4 is 22.1 Å².